The molecule has 1 aromatic rings. The van der Waals surface area contributed by atoms with Gasteiger partial charge in [0.15, 0.2) is 4.98 Å². The average molecular weight is 279 g/mol. The van der Waals surface area contributed by atoms with Crippen molar-refractivity contribution in [1.82, 2.24) is 0 Å². The number of diazo groups is 1. The molecule has 0 amide bonds. The molecule has 5 nitrogen and oxygen atoms in total. The first-order valence-electron chi connectivity index (χ1n) is 6.36. The summed E-state index contributed by atoms with van der Waals surface area (Å²) < 4.78 is 30.0. The monoisotopic (exact) mass is 279 g/mol. The molecule has 2 rings (SSSR count). The summed E-state index contributed by atoms with van der Waals surface area (Å²) in [6, 6.07) is 3.84. The number of halogens is 1. The molecule has 1 aliphatic rings. The highest BCUT2D eigenvalue weighted by Gasteiger charge is 2.53. The molecular weight excluding hydrogens is 262 g/mol. The third kappa shape index (κ3) is 2.82. The molecule has 0 radical (unpaired) electrons. The second kappa shape index (κ2) is 5.13. The topological polar surface area (TPSA) is 55.8 Å². The van der Waals surface area contributed by atoms with E-state index in [2.05, 4.69) is 4.98 Å². The van der Waals surface area contributed by atoms with Gasteiger partial charge in [-0.1, -0.05) is 0 Å². The number of hydrogen-bond acceptors (Lipinski definition) is 4. The fourth-order valence-electron chi connectivity index (χ4n) is 1.78. The predicted molar refractivity (Wildman–Crippen MR) is 72.0 cm³/mol. The smallest absolute Gasteiger partial charge is 0.381 e. The van der Waals surface area contributed by atoms with E-state index in [1.807, 2.05) is 27.7 Å². The van der Waals surface area contributed by atoms with Gasteiger partial charge in [-0.15, -0.1) is 0 Å². The second-order valence-electron chi connectivity index (χ2n) is 5.73. The van der Waals surface area contributed by atoms with Gasteiger partial charge in [0.05, 0.1) is 23.4 Å². The van der Waals surface area contributed by atoms with E-state index in [-0.39, 0.29) is 12.3 Å². The molecule has 20 heavy (non-hydrogen) atoms. The Labute approximate surface area is 117 Å². The zero-order chi connectivity index (χ0) is 15.0. The quantitative estimate of drug-likeness (QED) is 0.628. The molecule has 1 fully saturated rings. The van der Waals surface area contributed by atoms with E-state index in [4.69, 9.17) is 19.4 Å². The Bertz CT molecular complexity index is 541. The highest BCUT2D eigenvalue weighted by Crippen LogP contribution is 2.37. The van der Waals surface area contributed by atoms with Crippen molar-refractivity contribution < 1.29 is 18.4 Å². The molecule has 0 atom stereocenters. The van der Waals surface area contributed by atoms with E-state index in [9.17, 15) is 4.39 Å². The molecule has 0 unspecified atom stereocenters. The Morgan fingerprint density at radius 1 is 1.25 bits per heavy atom. The molecule has 0 spiro atoms. The number of hydrogen-bond donors (Lipinski definition) is 0. The van der Waals surface area contributed by atoms with Crippen molar-refractivity contribution in [2.75, 3.05) is 0 Å². The summed E-state index contributed by atoms with van der Waals surface area (Å²) in [5, 5.41) is 8.85. The normalized spacial score (nSPS) is 19.9. The van der Waals surface area contributed by atoms with Crippen LogP contribution < -0.4 is 0 Å². The predicted octanol–water partition coefficient (Wildman–Crippen LogP) is 3.42. The van der Waals surface area contributed by atoms with Gasteiger partial charge in [-0.3, -0.25) is 0 Å². The highest BCUT2D eigenvalue weighted by atomic mass is 19.1. The van der Waals surface area contributed by atoms with Gasteiger partial charge in [-0.25, -0.2) is 4.39 Å². The summed E-state index contributed by atoms with van der Waals surface area (Å²) in [7, 11) is -0.838. The molecule has 0 bridgehead atoms. The molecule has 1 aliphatic heterocycles. The Hall–Kier alpha value is -1.49. The van der Waals surface area contributed by atoms with Crippen LogP contribution >= 0.6 is 0 Å². The van der Waals surface area contributed by atoms with Crippen molar-refractivity contribution in [3.05, 3.63) is 34.6 Å². The minimum absolute atomic E-state index is 0.0218. The van der Waals surface area contributed by atoms with Gasteiger partial charge in [0, 0.05) is 6.07 Å². The molecule has 1 saturated heterocycles. The Morgan fingerprint density at radius 3 is 2.40 bits per heavy atom. The summed E-state index contributed by atoms with van der Waals surface area (Å²) in [5.74, 6) is -0.426. The lowest BCUT2D eigenvalue weighted by Gasteiger charge is -2.31. The van der Waals surface area contributed by atoms with Crippen LogP contribution in [0, 0.1) is 11.2 Å². The van der Waals surface area contributed by atoms with E-state index in [1.54, 1.807) is 0 Å². The van der Waals surface area contributed by atoms with E-state index < -0.39 is 24.3 Å². The zero-order valence-corrected chi connectivity index (χ0v) is 12.0. The van der Waals surface area contributed by atoms with Gasteiger partial charge in [0.1, 0.15) is 5.82 Å². The summed E-state index contributed by atoms with van der Waals surface area (Å²) in [6.07, 6.45) is 0. The van der Waals surface area contributed by atoms with Crippen LogP contribution in [0.2, 0.25) is 0 Å². The van der Waals surface area contributed by atoms with Gasteiger partial charge in [0.25, 0.3) is 0 Å². The SMILES string of the molecule is CC1(C)OB(OCc2cc(F)ccc2[N+]#N)OC1(C)C. The first kappa shape index (κ1) is 14.9. The molecule has 1 aromatic carbocycles. The first-order chi connectivity index (χ1) is 9.25. The van der Waals surface area contributed by atoms with Crippen LogP contribution in [0.15, 0.2) is 18.2 Å². The van der Waals surface area contributed by atoms with Crippen molar-refractivity contribution in [2.45, 2.75) is 45.5 Å². The Kier molecular flexibility index (Phi) is 3.83. The largest absolute Gasteiger partial charge is 0.640 e. The van der Waals surface area contributed by atoms with Crippen molar-refractivity contribution in [2.24, 2.45) is 0 Å². The molecule has 1 heterocycles. The van der Waals surface area contributed by atoms with E-state index in [0.717, 1.165) is 0 Å². The van der Waals surface area contributed by atoms with Gasteiger partial charge in [-0.05, 0) is 39.8 Å². The van der Waals surface area contributed by atoms with Crippen molar-refractivity contribution in [3.8, 4) is 0 Å². The number of rotatable bonds is 3. The lowest BCUT2D eigenvalue weighted by molar-refractivity contribution is 0.00578. The molecule has 7 heteroatoms. The van der Waals surface area contributed by atoms with E-state index in [1.165, 1.54) is 18.2 Å². The molecule has 0 aromatic heterocycles. The molecular formula is C13H17BFN2O3+. The van der Waals surface area contributed by atoms with Crippen LogP contribution in [0.5, 0.6) is 0 Å². The molecule has 0 N–H and O–H groups in total. The fraction of sp³-hybridized carbons (Fsp3) is 0.538. The Morgan fingerprint density at radius 2 is 1.85 bits per heavy atom. The Balaban J connectivity index is 2.05. The zero-order valence-electron chi connectivity index (χ0n) is 12.0. The summed E-state index contributed by atoms with van der Waals surface area (Å²) in [6.45, 7) is 7.66. The average Bonchev–Trinajstić information content (AvgIpc) is 2.55. The highest BCUT2D eigenvalue weighted by molar-refractivity contribution is 6.37. The van der Waals surface area contributed by atoms with E-state index in [0.29, 0.717) is 5.56 Å². The molecule has 0 saturated carbocycles. The van der Waals surface area contributed by atoms with Crippen LogP contribution in [0.3, 0.4) is 0 Å². The second-order valence-corrected chi connectivity index (χ2v) is 5.73. The summed E-state index contributed by atoms with van der Waals surface area (Å²) in [4.78, 5) is 3.09. The third-order valence-corrected chi connectivity index (χ3v) is 3.76. The maximum atomic E-state index is 13.2. The van der Waals surface area contributed by atoms with E-state index >= 15 is 0 Å². The maximum Gasteiger partial charge on any atom is 0.640 e. The van der Waals surface area contributed by atoms with Crippen LogP contribution in [0.1, 0.15) is 33.3 Å². The molecule has 106 valence electrons. The summed E-state index contributed by atoms with van der Waals surface area (Å²) >= 11 is 0. The molecule has 0 aliphatic carbocycles. The number of nitrogens with zero attached hydrogens (tertiary/aromatic N) is 2. The minimum atomic E-state index is -0.838. The maximum absolute atomic E-state index is 13.2. The van der Waals surface area contributed by atoms with Crippen molar-refractivity contribution in [3.63, 3.8) is 0 Å². The lowest BCUT2D eigenvalue weighted by atomic mass is 9.90. The van der Waals surface area contributed by atoms with Gasteiger partial charge in [0.2, 0.25) is 5.39 Å². The van der Waals surface area contributed by atoms with Gasteiger partial charge in [-0.2, -0.15) is 0 Å². The van der Waals surface area contributed by atoms with Crippen LogP contribution in [0.25, 0.3) is 4.98 Å². The van der Waals surface area contributed by atoms with Crippen molar-refractivity contribution >= 4 is 13.0 Å². The van der Waals surface area contributed by atoms with Crippen LogP contribution in [-0.4, -0.2) is 18.5 Å². The number of benzene rings is 1. The van der Waals surface area contributed by atoms with Crippen molar-refractivity contribution in [1.29, 1.82) is 5.39 Å². The fourth-order valence-corrected chi connectivity index (χ4v) is 1.78. The van der Waals surface area contributed by atoms with Crippen LogP contribution in [-0.2, 0) is 20.6 Å². The third-order valence-electron chi connectivity index (χ3n) is 3.76. The first-order valence-corrected chi connectivity index (χ1v) is 6.36. The van der Waals surface area contributed by atoms with Gasteiger partial charge >= 0.3 is 13.0 Å². The van der Waals surface area contributed by atoms with Gasteiger partial charge < -0.3 is 14.0 Å². The standard InChI is InChI=1S/C13H17BFN2O3/c1-12(2)13(3,4)20-14(19-12)18-8-9-7-10(15)5-6-11(9)17-16/h5-7H,8H2,1-4H3/q+1. The van der Waals surface area contributed by atoms with Crippen LogP contribution in [0.4, 0.5) is 10.1 Å². The minimum Gasteiger partial charge on any atom is -0.381 e. The summed E-state index contributed by atoms with van der Waals surface area (Å²) in [5.41, 5.74) is -0.321. The lowest BCUT2D eigenvalue weighted by Crippen LogP contribution is -2.41.